The Bertz CT molecular complexity index is 838. The van der Waals surface area contributed by atoms with E-state index < -0.39 is 0 Å². The average molecular weight is 392 g/mol. The molecule has 0 saturated heterocycles. The fraction of sp³-hybridized carbons (Fsp3) is 0.421. The van der Waals surface area contributed by atoms with Crippen LogP contribution in [0, 0.1) is 0 Å². The Morgan fingerprint density at radius 3 is 2.85 bits per heavy atom. The van der Waals surface area contributed by atoms with Crippen LogP contribution in [-0.4, -0.2) is 40.0 Å². The summed E-state index contributed by atoms with van der Waals surface area (Å²) in [4.78, 5) is 22.6. The first-order valence-corrected chi connectivity index (χ1v) is 9.59. The molecule has 4 rings (SSSR count). The summed E-state index contributed by atoms with van der Waals surface area (Å²) in [6, 6.07) is 5.70. The van der Waals surface area contributed by atoms with Gasteiger partial charge >= 0.3 is 0 Å². The van der Waals surface area contributed by atoms with E-state index in [9.17, 15) is 4.79 Å². The molecule has 0 N–H and O–H groups in total. The van der Waals surface area contributed by atoms with Gasteiger partial charge in [-0.3, -0.25) is 4.79 Å². The summed E-state index contributed by atoms with van der Waals surface area (Å²) in [5, 5.41) is 0.531. The van der Waals surface area contributed by atoms with Gasteiger partial charge in [0, 0.05) is 24.2 Å². The van der Waals surface area contributed by atoms with Crippen LogP contribution in [0.5, 0.6) is 0 Å². The molecule has 0 atom stereocenters. The van der Waals surface area contributed by atoms with Gasteiger partial charge in [-0.1, -0.05) is 36.6 Å². The van der Waals surface area contributed by atoms with Crippen molar-refractivity contribution in [2.75, 3.05) is 13.2 Å². The molecule has 0 bridgehead atoms. The number of ether oxygens (including phenoxy) is 1. The van der Waals surface area contributed by atoms with Crippen LogP contribution < -0.4 is 0 Å². The van der Waals surface area contributed by atoms with Gasteiger partial charge < -0.3 is 9.64 Å². The van der Waals surface area contributed by atoms with Crippen molar-refractivity contribution in [3.8, 4) is 11.3 Å². The molecule has 2 aliphatic rings. The zero-order valence-corrected chi connectivity index (χ0v) is 15.8. The van der Waals surface area contributed by atoms with Gasteiger partial charge in [0.1, 0.15) is 0 Å². The molecule has 1 fully saturated rings. The Kier molecular flexibility index (Phi) is 5.11. The standard InChI is InChI=1S/C19H19Cl2N3O2/c20-16-10-22-19(21)23-17(16)12-5-6-13-11-24(18(25)15(13)9-12)7-8-26-14-3-1-2-4-14/h5-6,9-10,14H,1-4,7-8,11H2. The number of halogens is 2. The monoisotopic (exact) mass is 391 g/mol. The fourth-order valence-electron chi connectivity index (χ4n) is 3.62. The Balaban J connectivity index is 1.47. The second kappa shape index (κ2) is 7.51. The highest BCUT2D eigenvalue weighted by Crippen LogP contribution is 2.31. The van der Waals surface area contributed by atoms with Gasteiger partial charge in [-0.15, -0.1) is 0 Å². The van der Waals surface area contributed by atoms with Gasteiger partial charge in [0.25, 0.3) is 5.91 Å². The SMILES string of the molecule is O=C1c2cc(-c3nc(Cl)ncc3Cl)ccc2CN1CCOC1CCCC1. The summed E-state index contributed by atoms with van der Waals surface area (Å²) >= 11 is 12.1. The van der Waals surface area contributed by atoms with Crippen LogP contribution in [0.3, 0.4) is 0 Å². The van der Waals surface area contributed by atoms with Crippen molar-refractivity contribution >= 4 is 29.1 Å². The average Bonchev–Trinajstić information content (AvgIpc) is 3.26. The number of amides is 1. The largest absolute Gasteiger partial charge is 0.376 e. The topological polar surface area (TPSA) is 55.3 Å². The summed E-state index contributed by atoms with van der Waals surface area (Å²) in [5.41, 5.74) is 2.99. The molecule has 0 unspecified atom stereocenters. The minimum atomic E-state index is 0.0214. The highest BCUT2D eigenvalue weighted by Gasteiger charge is 2.28. The van der Waals surface area contributed by atoms with Gasteiger partial charge in [-0.25, -0.2) is 9.97 Å². The minimum absolute atomic E-state index is 0.0214. The molecular weight excluding hydrogens is 373 g/mol. The van der Waals surface area contributed by atoms with Crippen molar-refractivity contribution in [1.82, 2.24) is 14.9 Å². The van der Waals surface area contributed by atoms with Crippen molar-refractivity contribution < 1.29 is 9.53 Å². The number of aromatic nitrogens is 2. The number of carbonyl (C=O) groups is 1. The van der Waals surface area contributed by atoms with E-state index in [0.29, 0.717) is 42.1 Å². The molecule has 1 aliphatic carbocycles. The van der Waals surface area contributed by atoms with Crippen LogP contribution in [0.2, 0.25) is 10.3 Å². The van der Waals surface area contributed by atoms with Crippen LogP contribution in [-0.2, 0) is 11.3 Å². The van der Waals surface area contributed by atoms with Gasteiger partial charge in [-0.2, -0.15) is 0 Å². The Hall–Kier alpha value is -1.69. The van der Waals surface area contributed by atoms with Gasteiger partial charge in [0.05, 0.1) is 29.6 Å². The quantitative estimate of drug-likeness (QED) is 0.710. The van der Waals surface area contributed by atoms with Crippen LogP contribution in [0.25, 0.3) is 11.3 Å². The maximum Gasteiger partial charge on any atom is 0.254 e. The second-order valence-corrected chi connectivity index (χ2v) is 7.46. The van der Waals surface area contributed by atoms with E-state index in [4.69, 9.17) is 27.9 Å². The Morgan fingerprint density at radius 2 is 2.04 bits per heavy atom. The zero-order chi connectivity index (χ0) is 18.1. The van der Waals surface area contributed by atoms with Gasteiger partial charge in [-0.05, 0) is 36.1 Å². The van der Waals surface area contributed by atoms with E-state index in [1.54, 1.807) is 0 Å². The lowest BCUT2D eigenvalue weighted by Crippen LogP contribution is -2.29. The number of carbonyl (C=O) groups excluding carboxylic acids is 1. The number of rotatable bonds is 5. The lowest BCUT2D eigenvalue weighted by Gasteiger charge is -2.17. The molecule has 136 valence electrons. The summed E-state index contributed by atoms with van der Waals surface area (Å²) < 4.78 is 5.89. The molecule has 0 radical (unpaired) electrons. The molecule has 2 aromatic rings. The number of hydrogen-bond acceptors (Lipinski definition) is 4. The third-order valence-electron chi connectivity index (χ3n) is 4.99. The molecule has 1 amide bonds. The molecule has 5 nitrogen and oxygen atoms in total. The zero-order valence-electron chi connectivity index (χ0n) is 14.3. The van der Waals surface area contributed by atoms with Crippen molar-refractivity contribution in [2.24, 2.45) is 0 Å². The highest BCUT2D eigenvalue weighted by atomic mass is 35.5. The van der Waals surface area contributed by atoms with Gasteiger partial charge in [0.15, 0.2) is 0 Å². The summed E-state index contributed by atoms with van der Waals surface area (Å²) in [7, 11) is 0. The Labute approximate surface area is 162 Å². The van der Waals surface area contributed by atoms with Crippen LogP contribution in [0.4, 0.5) is 0 Å². The first-order chi connectivity index (χ1) is 12.6. The van der Waals surface area contributed by atoms with Crippen molar-refractivity contribution in [1.29, 1.82) is 0 Å². The van der Waals surface area contributed by atoms with Gasteiger partial charge in [0.2, 0.25) is 5.28 Å². The summed E-state index contributed by atoms with van der Waals surface area (Å²) in [6.07, 6.45) is 6.60. The second-order valence-electron chi connectivity index (χ2n) is 6.71. The summed E-state index contributed by atoms with van der Waals surface area (Å²) in [6.45, 7) is 1.81. The third kappa shape index (κ3) is 3.56. The maximum absolute atomic E-state index is 12.7. The van der Waals surface area contributed by atoms with Crippen LogP contribution >= 0.6 is 23.2 Å². The molecule has 1 aliphatic heterocycles. The van der Waals surface area contributed by atoms with Crippen molar-refractivity contribution in [2.45, 2.75) is 38.3 Å². The third-order valence-corrected chi connectivity index (χ3v) is 5.45. The molecule has 26 heavy (non-hydrogen) atoms. The van der Waals surface area contributed by atoms with E-state index in [1.165, 1.54) is 19.0 Å². The number of benzene rings is 1. The first-order valence-electron chi connectivity index (χ1n) is 8.84. The maximum atomic E-state index is 12.7. The van der Waals surface area contributed by atoms with Crippen LogP contribution in [0.15, 0.2) is 24.4 Å². The highest BCUT2D eigenvalue weighted by molar-refractivity contribution is 6.33. The predicted molar refractivity (Wildman–Crippen MR) is 100 cm³/mol. The van der Waals surface area contributed by atoms with Crippen LogP contribution in [0.1, 0.15) is 41.6 Å². The smallest absolute Gasteiger partial charge is 0.254 e. The van der Waals surface area contributed by atoms with E-state index in [1.807, 2.05) is 23.1 Å². The molecule has 2 heterocycles. The van der Waals surface area contributed by atoms with E-state index in [0.717, 1.165) is 24.0 Å². The lowest BCUT2D eigenvalue weighted by molar-refractivity contribution is 0.0380. The summed E-state index contributed by atoms with van der Waals surface area (Å²) in [5.74, 6) is 0.0214. The van der Waals surface area contributed by atoms with E-state index >= 15 is 0 Å². The van der Waals surface area contributed by atoms with Crippen molar-refractivity contribution in [3.63, 3.8) is 0 Å². The van der Waals surface area contributed by atoms with E-state index in [-0.39, 0.29) is 11.2 Å². The molecule has 1 saturated carbocycles. The molecule has 1 aromatic carbocycles. The Morgan fingerprint density at radius 1 is 1.23 bits per heavy atom. The first kappa shape index (κ1) is 17.7. The molecule has 7 heteroatoms. The normalized spacial score (nSPS) is 17.2. The number of nitrogens with zero attached hydrogens (tertiary/aromatic N) is 3. The minimum Gasteiger partial charge on any atom is -0.376 e. The van der Waals surface area contributed by atoms with Crippen molar-refractivity contribution in [3.05, 3.63) is 45.8 Å². The van der Waals surface area contributed by atoms with E-state index in [2.05, 4.69) is 9.97 Å². The molecule has 1 aromatic heterocycles. The fourth-order valence-corrected chi connectivity index (χ4v) is 3.96. The lowest BCUT2D eigenvalue weighted by atomic mass is 10.0. The molecular formula is C19H19Cl2N3O2. The predicted octanol–water partition coefficient (Wildman–Crippen LogP) is 4.37. The number of hydrogen-bond donors (Lipinski definition) is 0. The number of fused-ring (bicyclic) bond motifs is 1. The molecule has 0 spiro atoms.